The van der Waals surface area contributed by atoms with E-state index in [1.54, 1.807) is 10.7 Å². The van der Waals surface area contributed by atoms with Crippen molar-refractivity contribution >= 4 is 28.5 Å². The predicted octanol–water partition coefficient (Wildman–Crippen LogP) is 7.26. The second kappa shape index (κ2) is 11.9. The number of aromatic nitrogens is 3. The Balaban J connectivity index is 1.21. The van der Waals surface area contributed by atoms with Gasteiger partial charge in [0.1, 0.15) is 4.88 Å². The first-order chi connectivity index (χ1) is 21.2. The van der Waals surface area contributed by atoms with Crippen LogP contribution in [-0.4, -0.2) is 68.7 Å². The molecule has 3 aromatic heterocycles. The predicted molar refractivity (Wildman–Crippen MR) is 173 cm³/mol. The van der Waals surface area contributed by atoms with Crippen molar-refractivity contribution in [2.75, 3.05) is 26.2 Å². The molecule has 1 saturated heterocycles. The van der Waals surface area contributed by atoms with E-state index in [0.717, 1.165) is 64.9 Å². The first-order valence-corrected chi connectivity index (χ1v) is 16.6. The number of thiophene rings is 1. The fourth-order valence-corrected chi connectivity index (χ4v) is 8.17. The molecule has 1 N–H and O–H groups in total. The smallest absolute Gasteiger partial charge is 0.346 e. The molecule has 0 bridgehead atoms. The van der Waals surface area contributed by atoms with E-state index in [4.69, 9.17) is 9.47 Å². The van der Waals surface area contributed by atoms with Crippen LogP contribution < -0.4 is 0 Å². The van der Waals surface area contributed by atoms with Crippen molar-refractivity contribution in [3.63, 3.8) is 0 Å². The molecule has 8 nitrogen and oxygen atoms in total. The van der Waals surface area contributed by atoms with Crippen LogP contribution >= 0.6 is 11.3 Å². The summed E-state index contributed by atoms with van der Waals surface area (Å²) >= 11 is 1.38. The lowest BCUT2D eigenvalue weighted by molar-refractivity contribution is -0.140. The van der Waals surface area contributed by atoms with Gasteiger partial charge in [0.2, 0.25) is 0 Å². The van der Waals surface area contributed by atoms with E-state index in [-0.39, 0.29) is 6.10 Å². The summed E-state index contributed by atoms with van der Waals surface area (Å²) in [4.78, 5) is 20.9. The van der Waals surface area contributed by atoms with Crippen LogP contribution in [0.2, 0.25) is 0 Å². The van der Waals surface area contributed by atoms with E-state index in [0.29, 0.717) is 17.4 Å². The summed E-state index contributed by atoms with van der Waals surface area (Å²) in [5.74, 6) is -0.127. The highest BCUT2D eigenvalue weighted by molar-refractivity contribution is 7.17. The lowest BCUT2D eigenvalue weighted by atomic mass is 9.75. The minimum absolute atomic E-state index is 0.0162. The normalized spacial score (nSPS) is 24.3. The van der Waals surface area contributed by atoms with E-state index in [9.17, 15) is 9.90 Å². The Hall–Kier alpha value is -3.37. The molecular formula is C35H40N4O4S. The number of carboxylic acids is 1. The SMILES string of the molecule is CC1CCC(C2=C(c3cc(-c4ccc(-c5cc6ncccn6n5)cc4)sc3C(=O)O)CN(CC3COC(C)(C)O3)CC2)CC1. The average Bonchev–Trinajstić information content (AvgIpc) is 3.74. The molecule has 1 unspecified atom stereocenters. The Morgan fingerprint density at radius 2 is 1.89 bits per heavy atom. The van der Waals surface area contributed by atoms with Gasteiger partial charge in [0, 0.05) is 54.1 Å². The number of carboxylic acid groups (broad SMARTS) is 1. The fourth-order valence-electron chi connectivity index (χ4n) is 7.14. The molecule has 2 fully saturated rings. The standard InChI is InChI=1S/C35H40N4O4S/c1-22-5-7-23(8-6-22)27-13-16-38(19-26-21-42-35(2,3)43-26)20-29(27)28-17-31(44-33(28)34(40)41)25-11-9-24(10-12-25)30-18-32-36-14-4-15-39(32)37-30/h4,9-12,14-15,17-18,22-23,26H,5-8,13,16,19-21H2,1-3H3,(H,40,41). The van der Waals surface area contributed by atoms with Gasteiger partial charge in [-0.25, -0.2) is 14.3 Å². The van der Waals surface area contributed by atoms with E-state index < -0.39 is 11.8 Å². The van der Waals surface area contributed by atoms with Crippen LogP contribution in [-0.2, 0) is 9.47 Å². The lowest BCUT2D eigenvalue weighted by Crippen LogP contribution is -2.39. The van der Waals surface area contributed by atoms with Crippen molar-refractivity contribution < 1.29 is 19.4 Å². The van der Waals surface area contributed by atoms with Gasteiger partial charge in [-0.1, -0.05) is 49.6 Å². The zero-order valence-corrected chi connectivity index (χ0v) is 26.5. The molecule has 7 rings (SSSR count). The second-order valence-corrected chi connectivity index (χ2v) is 14.1. The second-order valence-electron chi connectivity index (χ2n) is 13.1. The summed E-state index contributed by atoms with van der Waals surface area (Å²) in [6.45, 7) is 9.34. The minimum atomic E-state index is -0.861. The van der Waals surface area contributed by atoms with Gasteiger partial charge in [-0.15, -0.1) is 11.3 Å². The van der Waals surface area contributed by atoms with E-state index in [2.05, 4.69) is 52.2 Å². The molecule has 44 heavy (non-hydrogen) atoms. The van der Waals surface area contributed by atoms with Gasteiger partial charge >= 0.3 is 5.97 Å². The maximum Gasteiger partial charge on any atom is 0.346 e. The number of hydrogen-bond acceptors (Lipinski definition) is 7. The maximum atomic E-state index is 12.7. The van der Waals surface area contributed by atoms with Crippen molar-refractivity contribution in [1.82, 2.24) is 19.5 Å². The third kappa shape index (κ3) is 5.98. The topological polar surface area (TPSA) is 89.2 Å². The van der Waals surface area contributed by atoms with Crippen LogP contribution in [0.1, 0.15) is 68.1 Å². The number of benzene rings is 1. The molecule has 3 aliphatic rings. The first kappa shape index (κ1) is 29.3. The number of carbonyl (C=O) groups is 1. The van der Waals surface area contributed by atoms with Crippen molar-refractivity contribution in [2.24, 2.45) is 11.8 Å². The third-order valence-electron chi connectivity index (χ3n) is 9.46. The Morgan fingerprint density at radius 1 is 1.11 bits per heavy atom. The molecule has 0 spiro atoms. The highest BCUT2D eigenvalue weighted by Crippen LogP contribution is 2.44. The molecule has 1 aromatic carbocycles. The minimum Gasteiger partial charge on any atom is -0.477 e. The molecule has 1 atom stereocenters. The molecular weight excluding hydrogens is 572 g/mol. The molecule has 1 aliphatic carbocycles. The Kier molecular flexibility index (Phi) is 7.91. The van der Waals surface area contributed by atoms with E-state index in [1.807, 2.05) is 32.2 Å². The maximum absolute atomic E-state index is 12.7. The van der Waals surface area contributed by atoms with Crippen LogP contribution in [0.5, 0.6) is 0 Å². The van der Waals surface area contributed by atoms with Gasteiger partial charge in [0.05, 0.1) is 18.4 Å². The highest BCUT2D eigenvalue weighted by Gasteiger charge is 2.36. The number of nitrogens with zero attached hydrogens (tertiary/aromatic N) is 4. The number of ether oxygens (including phenoxy) is 2. The molecule has 9 heteroatoms. The molecule has 0 radical (unpaired) electrons. The summed E-state index contributed by atoms with van der Waals surface area (Å²) in [7, 11) is 0. The summed E-state index contributed by atoms with van der Waals surface area (Å²) in [5, 5.41) is 15.1. The van der Waals surface area contributed by atoms with Gasteiger partial charge in [-0.05, 0) is 68.2 Å². The Morgan fingerprint density at radius 3 is 2.59 bits per heavy atom. The zero-order valence-electron chi connectivity index (χ0n) is 25.7. The summed E-state index contributed by atoms with van der Waals surface area (Å²) in [5.41, 5.74) is 7.23. The summed E-state index contributed by atoms with van der Waals surface area (Å²) in [6, 6.07) is 14.2. The molecule has 1 saturated carbocycles. The van der Waals surface area contributed by atoms with Crippen LogP contribution in [0.15, 0.2) is 60.4 Å². The first-order valence-electron chi connectivity index (χ1n) is 15.8. The largest absolute Gasteiger partial charge is 0.477 e. The van der Waals surface area contributed by atoms with Gasteiger partial charge in [0.25, 0.3) is 0 Å². The molecule has 0 amide bonds. The van der Waals surface area contributed by atoms with E-state index >= 15 is 0 Å². The lowest BCUT2D eigenvalue weighted by Gasteiger charge is -2.37. The third-order valence-corrected chi connectivity index (χ3v) is 10.6. The van der Waals surface area contributed by atoms with Crippen molar-refractivity contribution in [1.29, 1.82) is 0 Å². The zero-order chi connectivity index (χ0) is 30.4. The number of fused-ring (bicyclic) bond motifs is 1. The fraction of sp³-hybridized carbons (Fsp3) is 0.457. The number of aromatic carboxylic acids is 1. The van der Waals surface area contributed by atoms with Gasteiger partial charge in [-0.3, -0.25) is 4.90 Å². The highest BCUT2D eigenvalue weighted by atomic mass is 32.1. The summed E-state index contributed by atoms with van der Waals surface area (Å²) < 4.78 is 13.8. The molecule has 5 heterocycles. The van der Waals surface area contributed by atoms with Crippen LogP contribution in [0.3, 0.4) is 0 Å². The van der Waals surface area contributed by atoms with Crippen molar-refractivity contribution in [3.8, 4) is 21.7 Å². The van der Waals surface area contributed by atoms with Crippen molar-refractivity contribution in [3.05, 3.63) is 70.9 Å². The Bertz CT molecular complexity index is 1660. The quantitative estimate of drug-likeness (QED) is 0.235. The average molecular weight is 613 g/mol. The monoisotopic (exact) mass is 612 g/mol. The molecule has 4 aromatic rings. The van der Waals surface area contributed by atoms with Crippen LogP contribution in [0.4, 0.5) is 0 Å². The molecule has 2 aliphatic heterocycles. The van der Waals surface area contributed by atoms with E-state index in [1.165, 1.54) is 48.2 Å². The number of hydrogen-bond donors (Lipinski definition) is 1. The van der Waals surface area contributed by atoms with Gasteiger partial charge < -0.3 is 14.6 Å². The van der Waals surface area contributed by atoms with Crippen molar-refractivity contribution in [2.45, 2.75) is 64.8 Å². The van der Waals surface area contributed by atoms with Gasteiger partial charge in [0.15, 0.2) is 11.4 Å². The Labute approximate surface area is 262 Å². The summed E-state index contributed by atoms with van der Waals surface area (Å²) in [6.07, 6.45) is 9.49. The van der Waals surface area contributed by atoms with Crippen LogP contribution in [0, 0.1) is 11.8 Å². The van der Waals surface area contributed by atoms with Gasteiger partial charge in [-0.2, -0.15) is 5.10 Å². The molecule has 230 valence electrons. The number of rotatable bonds is 7. The van der Waals surface area contributed by atoms with Crippen LogP contribution in [0.25, 0.3) is 32.9 Å².